The summed E-state index contributed by atoms with van der Waals surface area (Å²) in [6, 6.07) is 3.06. The number of carbonyl (C=O) groups excluding carboxylic acids is 1. The summed E-state index contributed by atoms with van der Waals surface area (Å²) in [6.07, 6.45) is 0. The topological polar surface area (TPSA) is 67.3 Å². The van der Waals surface area contributed by atoms with Crippen molar-refractivity contribution >= 4 is 74.6 Å². The molecule has 1 aromatic carbocycles. The number of amides is 1. The second-order valence-electron chi connectivity index (χ2n) is 5.44. The SMILES string of the molecule is CC(Sc1nnc(N2CCOCC2)s1)C(=O)Nc1c(Cl)cc(Cl)cc1Cl. The fourth-order valence-electron chi connectivity index (χ4n) is 2.22. The predicted molar refractivity (Wildman–Crippen MR) is 108 cm³/mol. The van der Waals surface area contributed by atoms with Gasteiger partial charge in [-0.25, -0.2) is 0 Å². The molecule has 140 valence electrons. The summed E-state index contributed by atoms with van der Waals surface area (Å²) in [5.74, 6) is -0.232. The largest absolute Gasteiger partial charge is 0.378 e. The van der Waals surface area contributed by atoms with E-state index in [1.807, 2.05) is 0 Å². The van der Waals surface area contributed by atoms with Gasteiger partial charge in [0.1, 0.15) is 0 Å². The minimum absolute atomic E-state index is 0.232. The van der Waals surface area contributed by atoms with Gasteiger partial charge in [-0.05, 0) is 19.1 Å². The third-order valence-electron chi connectivity index (χ3n) is 3.58. The van der Waals surface area contributed by atoms with Gasteiger partial charge in [0.2, 0.25) is 11.0 Å². The van der Waals surface area contributed by atoms with Gasteiger partial charge in [-0.15, -0.1) is 10.2 Å². The highest BCUT2D eigenvalue weighted by molar-refractivity contribution is 8.02. The van der Waals surface area contributed by atoms with Crippen molar-refractivity contribution < 1.29 is 9.53 Å². The molecule has 1 aliphatic heterocycles. The molecular weight excluding hydrogens is 439 g/mol. The van der Waals surface area contributed by atoms with Gasteiger partial charge in [0.05, 0.1) is 34.2 Å². The molecule has 1 saturated heterocycles. The van der Waals surface area contributed by atoms with Crippen LogP contribution < -0.4 is 10.2 Å². The maximum atomic E-state index is 12.5. The summed E-state index contributed by atoms with van der Waals surface area (Å²) in [5.41, 5.74) is 0.349. The molecule has 2 heterocycles. The van der Waals surface area contributed by atoms with E-state index in [9.17, 15) is 4.79 Å². The lowest BCUT2D eigenvalue weighted by Crippen LogP contribution is -2.36. The Morgan fingerprint density at radius 2 is 1.92 bits per heavy atom. The van der Waals surface area contributed by atoms with Gasteiger partial charge in [0, 0.05) is 18.1 Å². The van der Waals surface area contributed by atoms with Gasteiger partial charge >= 0.3 is 0 Å². The third kappa shape index (κ3) is 4.94. The van der Waals surface area contributed by atoms with Crippen LogP contribution in [0.15, 0.2) is 16.5 Å². The van der Waals surface area contributed by atoms with Crippen LogP contribution >= 0.6 is 57.9 Å². The normalized spacial score (nSPS) is 15.8. The lowest BCUT2D eigenvalue weighted by atomic mass is 10.3. The Balaban J connectivity index is 1.62. The molecule has 1 amide bonds. The highest BCUT2D eigenvalue weighted by Gasteiger charge is 2.21. The van der Waals surface area contributed by atoms with Crippen molar-refractivity contribution in [2.45, 2.75) is 16.5 Å². The van der Waals surface area contributed by atoms with Crippen LogP contribution in [0.3, 0.4) is 0 Å². The standard InChI is InChI=1S/C15H15Cl3N4O2S2/c1-8(13(23)19-12-10(17)6-9(16)7-11(12)18)25-15-21-20-14(26-15)22-2-4-24-5-3-22/h6-8H,2-5H2,1H3,(H,19,23). The Hall–Kier alpha value is -0.770. The molecule has 1 atom stereocenters. The number of nitrogens with zero attached hydrogens (tertiary/aromatic N) is 3. The number of aromatic nitrogens is 2. The number of hydrogen-bond donors (Lipinski definition) is 1. The summed E-state index contributed by atoms with van der Waals surface area (Å²) in [6.45, 7) is 4.74. The zero-order valence-corrected chi connectivity index (χ0v) is 17.6. The fourth-order valence-corrected chi connectivity index (χ4v) is 5.17. The van der Waals surface area contributed by atoms with Crippen LogP contribution in [0.1, 0.15) is 6.92 Å². The van der Waals surface area contributed by atoms with E-state index in [-0.39, 0.29) is 5.91 Å². The molecule has 1 N–H and O–H groups in total. The molecule has 1 unspecified atom stereocenters. The van der Waals surface area contributed by atoms with E-state index in [2.05, 4.69) is 20.4 Å². The van der Waals surface area contributed by atoms with E-state index in [0.717, 1.165) is 22.6 Å². The zero-order chi connectivity index (χ0) is 18.7. The maximum Gasteiger partial charge on any atom is 0.237 e. The Morgan fingerprint density at radius 3 is 2.58 bits per heavy atom. The molecule has 0 spiro atoms. The molecule has 0 aliphatic carbocycles. The van der Waals surface area contributed by atoms with E-state index >= 15 is 0 Å². The van der Waals surface area contributed by atoms with Crippen molar-refractivity contribution in [3.05, 3.63) is 27.2 Å². The molecule has 2 aromatic rings. The predicted octanol–water partition coefficient (Wildman–Crippen LogP) is 4.45. The first kappa shape index (κ1) is 20.0. The molecule has 0 radical (unpaired) electrons. The minimum Gasteiger partial charge on any atom is -0.378 e. The number of ether oxygens (including phenoxy) is 1. The Kier molecular flexibility index (Phi) is 6.87. The van der Waals surface area contributed by atoms with E-state index in [1.54, 1.807) is 6.92 Å². The maximum absolute atomic E-state index is 12.5. The van der Waals surface area contributed by atoms with Crippen molar-refractivity contribution in [1.82, 2.24) is 10.2 Å². The summed E-state index contributed by atoms with van der Waals surface area (Å²) in [7, 11) is 0. The lowest BCUT2D eigenvalue weighted by molar-refractivity contribution is -0.115. The lowest BCUT2D eigenvalue weighted by Gasteiger charge is -2.25. The van der Waals surface area contributed by atoms with Crippen LogP contribution in [0.4, 0.5) is 10.8 Å². The van der Waals surface area contributed by atoms with Gasteiger partial charge in [0.25, 0.3) is 0 Å². The molecule has 3 rings (SSSR count). The molecule has 1 aliphatic rings. The van der Waals surface area contributed by atoms with E-state index in [4.69, 9.17) is 39.5 Å². The van der Waals surface area contributed by atoms with Crippen molar-refractivity contribution in [2.75, 3.05) is 36.5 Å². The van der Waals surface area contributed by atoms with Gasteiger partial charge in [-0.3, -0.25) is 4.79 Å². The highest BCUT2D eigenvalue weighted by atomic mass is 35.5. The molecule has 1 fully saturated rings. The number of thioether (sulfide) groups is 1. The number of carbonyl (C=O) groups is 1. The molecule has 26 heavy (non-hydrogen) atoms. The van der Waals surface area contributed by atoms with Gasteiger partial charge in [-0.1, -0.05) is 57.9 Å². The van der Waals surface area contributed by atoms with Crippen molar-refractivity contribution in [3.63, 3.8) is 0 Å². The average molecular weight is 454 g/mol. The fraction of sp³-hybridized carbons (Fsp3) is 0.400. The van der Waals surface area contributed by atoms with Gasteiger partial charge < -0.3 is 15.0 Å². The van der Waals surface area contributed by atoms with E-state index < -0.39 is 5.25 Å². The van der Waals surface area contributed by atoms with Crippen LogP contribution in [0.25, 0.3) is 0 Å². The molecule has 11 heteroatoms. The van der Waals surface area contributed by atoms with Crippen LogP contribution in [0.2, 0.25) is 15.1 Å². The Labute approximate surface area is 174 Å². The molecule has 6 nitrogen and oxygen atoms in total. The molecule has 1 aromatic heterocycles. The monoisotopic (exact) mass is 452 g/mol. The number of benzene rings is 1. The van der Waals surface area contributed by atoms with Gasteiger partial charge in [0.15, 0.2) is 4.34 Å². The number of rotatable bonds is 5. The minimum atomic E-state index is -0.400. The number of anilines is 2. The molecular formula is C15H15Cl3N4O2S2. The first-order valence-corrected chi connectivity index (χ1v) is 10.6. The summed E-state index contributed by atoms with van der Waals surface area (Å²) >= 11 is 20.9. The van der Waals surface area contributed by atoms with Crippen LogP contribution in [0.5, 0.6) is 0 Å². The Morgan fingerprint density at radius 1 is 1.27 bits per heavy atom. The molecule has 0 bridgehead atoms. The first-order chi connectivity index (χ1) is 12.4. The van der Waals surface area contributed by atoms with E-state index in [1.165, 1.54) is 35.2 Å². The summed E-state index contributed by atoms with van der Waals surface area (Å²) in [5, 5.41) is 12.5. The average Bonchev–Trinajstić information content (AvgIpc) is 3.07. The van der Waals surface area contributed by atoms with E-state index in [0.29, 0.717) is 34.0 Å². The Bertz CT molecular complexity index is 776. The highest BCUT2D eigenvalue weighted by Crippen LogP contribution is 2.35. The van der Waals surface area contributed by atoms with Gasteiger partial charge in [-0.2, -0.15) is 0 Å². The van der Waals surface area contributed by atoms with Crippen LogP contribution in [-0.4, -0.2) is 47.7 Å². The van der Waals surface area contributed by atoms with Crippen molar-refractivity contribution in [1.29, 1.82) is 0 Å². The number of hydrogen-bond acceptors (Lipinski definition) is 7. The number of morpholine rings is 1. The quantitative estimate of drug-likeness (QED) is 0.674. The summed E-state index contributed by atoms with van der Waals surface area (Å²) in [4.78, 5) is 14.6. The van der Waals surface area contributed by atoms with Crippen LogP contribution in [-0.2, 0) is 9.53 Å². The second kappa shape index (κ2) is 8.95. The zero-order valence-electron chi connectivity index (χ0n) is 13.7. The van der Waals surface area contributed by atoms with Crippen molar-refractivity contribution in [3.8, 4) is 0 Å². The third-order valence-corrected chi connectivity index (χ3v) is 6.56. The number of halogens is 3. The smallest absolute Gasteiger partial charge is 0.237 e. The molecule has 0 saturated carbocycles. The summed E-state index contributed by atoms with van der Waals surface area (Å²) < 4.78 is 6.06. The first-order valence-electron chi connectivity index (χ1n) is 7.72. The number of nitrogens with one attached hydrogen (secondary N) is 1. The van der Waals surface area contributed by atoms with Crippen LogP contribution in [0, 0.1) is 0 Å². The second-order valence-corrected chi connectivity index (χ2v) is 9.24. The van der Waals surface area contributed by atoms with Crippen molar-refractivity contribution in [2.24, 2.45) is 0 Å².